The molecule has 0 spiro atoms. The molecule has 24 heavy (non-hydrogen) atoms. The number of nitrogens with zero attached hydrogens (tertiary/aromatic N) is 7. The van der Waals surface area contributed by atoms with Gasteiger partial charge in [-0.1, -0.05) is 5.21 Å². The molecule has 1 fully saturated rings. The van der Waals surface area contributed by atoms with Crippen LogP contribution in [0.4, 0.5) is 5.95 Å². The van der Waals surface area contributed by atoms with Crippen molar-refractivity contribution in [1.82, 2.24) is 29.9 Å². The molecule has 128 valence electrons. The highest BCUT2D eigenvalue weighted by Crippen LogP contribution is 2.19. The molecule has 0 N–H and O–H groups in total. The average Bonchev–Trinajstić information content (AvgIpc) is 3.02. The van der Waals surface area contributed by atoms with Crippen LogP contribution < -0.4 is 9.64 Å². The van der Waals surface area contributed by atoms with Crippen molar-refractivity contribution in [3.8, 4) is 12.0 Å². The van der Waals surface area contributed by atoms with Gasteiger partial charge in [0.05, 0.1) is 19.9 Å². The van der Waals surface area contributed by atoms with Gasteiger partial charge in [0.25, 0.3) is 5.95 Å². The van der Waals surface area contributed by atoms with E-state index in [1.165, 1.54) is 25.3 Å². The van der Waals surface area contributed by atoms with Gasteiger partial charge in [-0.15, -0.1) is 5.10 Å². The lowest BCUT2D eigenvalue weighted by molar-refractivity contribution is 0.0593. The smallest absolute Gasteiger partial charge is 0.360 e. The van der Waals surface area contributed by atoms with Gasteiger partial charge in [-0.25, -0.2) is 4.79 Å². The van der Waals surface area contributed by atoms with Gasteiger partial charge in [0.15, 0.2) is 5.69 Å². The third-order valence-electron chi connectivity index (χ3n) is 3.88. The molecule has 0 saturated carbocycles. The van der Waals surface area contributed by atoms with Crippen molar-refractivity contribution < 1.29 is 14.3 Å². The summed E-state index contributed by atoms with van der Waals surface area (Å²) in [5.41, 5.74) is 0.607. The number of carbonyl (C=O) groups is 1. The summed E-state index contributed by atoms with van der Waals surface area (Å²) >= 11 is 0. The summed E-state index contributed by atoms with van der Waals surface area (Å²) in [5, 5.41) is 7.80. The maximum atomic E-state index is 11.7. The van der Waals surface area contributed by atoms with E-state index in [9.17, 15) is 4.79 Å². The SMILES string of the molecule is COC(=O)c1nnn(-c2nc(OC)nc(N3CCCCC3)n2)c1C. The molecule has 3 rings (SSSR count). The fourth-order valence-electron chi connectivity index (χ4n) is 2.56. The highest BCUT2D eigenvalue weighted by Gasteiger charge is 2.22. The molecule has 3 heterocycles. The number of aromatic nitrogens is 6. The van der Waals surface area contributed by atoms with E-state index in [4.69, 9.17) is 4.74 Å². The van der Waals surface area contributed by atoms with Gasteiger partial charge in [-0.3, -0.25) is 0 Å². The zero-order valence-electron chi connectivity index (χ0n) is 13.9. The van der Waals surface area contributed by atoms with Crippen molar-refractivity contribution in [3.63, 3.8) is 0 Å². The zero-order chi connectivity index (χ0) is 17.1. The van der Waals surface area contributed by atoms with Crippen LogP contribution in [0.3, 0.4) is 0 Å². The number of rotatable bonds is 4. The number of ether oxygens (including phenoxy) is 2. The summed E-state index contributed by atoms with van der Waals surface area (Å²) in [7, 11) is 2.79. The lowest BCUT2D eigenvalue weighted by Crippen LogP contribution is -2.31. The highest BCUT2D eigenvalue weighted by atomic mass is 16.5. The fourth-order valence-corrected chi connectivity index (χ4v) is 2.56. The predicted octanol–water partition coefficient (Wildman–Crippen LogP) is 0.546. The fraction of sp³-hybridized carbons (Fsp3) is 0.571. The molecule has 0 radical (unpaired) electrons. The van der Waals surface area contributed by atoms with Crippen molar-refractivity contribution in [1.29, 1.82) is 0 Å². The second-order valence-electron chi connectivity index (χ2n) is 5.40. The largest absolute Gasteiger partial charge is 0.467 e. The van der Waals surface area contributed by atoms with Crippen molar-refractivity contribution >= 4 is 11.9 Å². The van der Waals surface area contributed by atoms with Crippen LogP contribution in [-0.2, 0) is 4.74 Å². The van der Waals surface area contributed by atoms with Gasteiger partial charge in [0, 0.05) is 13.1 Å². The molecular formula is C14H19N7O3. The predicted molar refractivity (Wildman–Crippen MR) is 83.4 cm³/mol. The Labute approximate surface area is 138 Å². The van der Waals surface area contributed by atoms with E-state index >= 15 is 0 Å². The molecule has 10 nitrogen and oxygen atoms in total. The van der Waals surface area contributed by atoms with Crippen LogP contribution in [-0.4, -0.2) is 63.2 Å². The van der Waals surface area contributed by atoms with E-state index in [2.05, 4.69) is 34.9 Å². The quantitative estimate of drug-likeness (QED) is 0.741. The Balaban J connectivity index is 2.01. The van der Waals surface area contributed by atoms with Crippen LogP contribution in [0.1, 0.15) is 35.4 Å². The topological polar surface area (TPSA) is 108 Å². The number of piperidine rings is 1. The Kier molecular flexibility index (Phi) is 4.54. The Bertz CT molecular complexity index is 740. The lowest BCUT2D eigenvalue weighted by atomic mass is 10.1. The lowest BCUT2D eigenvalue weighted by Gasteiger charge is -2.26. The first kappa shape index (κ1) is 16.1. The van der Waals surface area contributed by atoms with E-state index in [0.29, 0.717) is 11.6 Å². The second-order valence-corrected chi connectivity index (χ2v) is 5.40. The first-order valence-corrected chi connectivity index (χ1v) is 7.70. The number of anilines is 1. The van der Waals surface area contributed by atoms with Gasteiger partial charge >= 0.3 is 12.0 Å². The van der Waals surface area contributed by atoms with E-state index in [-0.39, 0.29) is 17.7 Å². The summed E-state index contributed by atoms with van der Waals surface area (Å²) in [4.78, 5) is 26.8. The monoisotopic (exact) mass is 333 g/mol. The van der Waals surface area contributed by atoms with E-state index < -0.39 is 5.97 Å². The van der Waals surface area contributed by atoms with Gasteiger partial charge in [-0.05, 0) is 26.2 Å². The third kappa shape index (κ3) is 2.99. The highest BCUT2D eigenvalue weighted by molar-refractivity contribution is 5.88. The van der Waals surface area contributed by atoms with Gasteiger partial charge in [0.1, 0.15) is 0 Å². The van der Waals surface area contributed by atoms with E-state index in [1.54, 1.807) is 6.92 Å². The van der Waals surface area contributed by atoms with Crippen molar-refractivity contribution in [3.05, 3.63) is 11.4 Å². The third-order valence-corrected chi connectivity index (χ3v) is 3.88. The Morgan fingerprint density at radius 2 is 1.75 bits per heavy atom. The number of hydrogen-bond donors (Lipinski definition) is 0. The Morgan fingerprint density at radius 3 is 2.42 bits per heavy atom. The number of hydrogen-bond acceptors (Lipinski definition) is 9. The molecular weight excluding hydrogens is 314 g/mol. The number of methoxy groups -OCH3 is 2. The molecule has 0 aliphatic carbocycles. The molecule has 1 aliphatic heterocycles. The Hall–Kier alpha value is -2.78. The second kappa shape index (κ2) is 6.77. The standard InChI is InChI=1S/C14H19N7O3/c1-9-10(11(22)23-2)18-19-21(9)13-15-12(16-14(17-13)24-3)20-7-5-4-6-8-20/h4-8H2,1-3H3. The minimum atomic E-state index is -0.559. The first-order chi connectivity index (χ1) is 11.6. The summed E-state index contributed by atoms with van der Waals surface area (Å²) < 4.78 is 11.2. The van der Waals surface area contributed by atoms with E-state index in [0.717, 1.165) is 25.9 Å². The first-order valence-electron chi connectivity index (χ1n) is 7.70. The molecule has 2 aromatic heterocycles. The van der Waals surface area contributed by atoms with Crippen LogP contribution >= 0.6 is 0 Å². The summed E-state index contributed by atoms with van der Waals surface area (Å²) in [6, 6.07) is 0.190. The van der Waals surface area contributed by atoms with Crippen molar-refractivity contribution in [2.24, 2.45) is 0 Å². The molecule has 1 aliphatic rings. The summed E-state index contributed by atoms with van der Waals surface area (Å²) in [6.45, 7) is 3.47. The minimum Gasteiger partial charge on any atom is -0.467 e. The van der Waals surface area contributed by atoms with Crippen LogP contribution in [0.2, 0.25) is 0 Å². The number of esters is 1. The maximum Gasteiger partial charge on any atom is 0.360 e. The molecule has 0 unspecified atom stereocenters. The van der Waals surface area contributed by atoms with Crippen LogP contribution in [0, 0.1) is 6.92 Å². The molecule has 10 heteroatoms. The number of carbonyl (C=O) groups excluding carboxylic acids is 1. The molecule has 1 saturated heterocycles. The maximum absolute atomic E-state index is 11.7. The van der Waals surface area contributed by atoms with Gasteiger partial charge in [0.2, 0.25) is 5.95 Å². The van der Waals surface area contributed by atoms with Gasteiger partial charge in [-0.2, -0.15) is 19.6 Å². The van der Waals surface area contributed by atoms with Gasteiger partial charge < -0.3 is 14.4 Å². The van der Waals surface area contributed by atoms with Crippen LogP contribution in [0.25, 0.3) is 5.95 Å². The Morgan fingerprint density at radius 1 is 1.04 bits per heavy atom. The average molecular weight is 333 g/mol. The summed E-state index contributed by atoms with van der Waals surface area (Å²) in [5.74, 6) is 0.227. The van der Waals surface area contributed by atoms with Crippen LogP contribution in [0.5, 0.6) is 6.01 Å². The zero-order valence-corrected chi connectivity index (χ0v) is 13.9. The summed E-state index contributed by atoms with van der Waals surface area (Å²) in [6.07, 6.45) is 3.40. The normalized spacial score (nSPS) is 14.5. The molecule has 2 aromatic rings. The van der Waals surface area contributed by atoms with E-state index in [1.807, 2.05) is 0 Å². The molecule has 0 bridgehead atoms. The van der Waals surface area contributed by atoms with Crippen molar-refractivity contribution in [2.45, 2.75) is 26.2 Å². The molecule has 0 amide bonds. The molecule has 0 atom stereocenters. The molecule has 0 aromatic carbocycles. The minimum absolute atomic E-state index is 0.122. The van der Waals surface area contributed by atoms with Crippen molar-refractivity contribution in [2.75, 3.05) is 32.2 Å². The van der Waals surface area contributed by atoms with Crippen LogP contribution in [0.15, 0.2) is 0 Å².